The van der Waals surface area contributed by atoms with E-state index in [4.69, 9.17) is 16.3 Å². The number of carbonyl (C=O) groups excluding carboxylic acids is 1. The van der Waals surface area contributed by atoms with Crippen LogP contribution in [0.15, 0.2) is 48.8 Å². The van der Waals surface area contributed by atoms with Crippen LogP contribution in [0.25, 0.3) is 0 Å². The molecule has 0 fully saturated rings. The predicted octanol–water partition coefficient (Wildman–Crippen LogP) is 4.03. The molecule has 0 aliphatic heterocycles. The number of aryl methyl sites for hydroxylation is 1. The Morgan fingerprint density at radius 3 is 2.59 bits per heavy atom. The van der Waals surface area contributed by atoms with Crippen molar-refractivity contribution in [1.82, 2.24) is 15.4 Å². The van der Waals surface area contributed by atoms with Crippen LogP contribution in [-0.4, -0.2) is 20.8 Å². The number of hydrogen-bond acceptors (Lipinski definition) is 7. The van der Waals surface area contributed by atoms with Crippen LogP contribution in [-0.2, 0) is 0 Å². The van der Waals surface area contributed by atoms with Crippen molar-refractivity contribution in [3.8, 4) is 11.6 Å². The first-order valence-corrected chi connectivity index (χ1v) is 8.48. The Balaban J connectivity index is 1.82. The molecule has 1 amide bonds. The number of halogens is 2. The molecule has 0 atom stereocenters. The maximum absolute atomic E-state index is 13.0. The average molecular weight is 418 g/mol. The lowest BCUT2D eigenvalue weighted by atomic mass is 10.2. The topological polar surface area (TPSA) is 119 Å². The summed E-state index contributed by atoms with van der Waals surface area (Å²) in [5.41, 5.74) is 4.90. The van der Waals surface area contributed by atoms with Gasteiger partial charge in [-0.05, 0) is 55.0 Å². The molecule has 2 N–H and O–H groups in total. The third-order valence-electron chi connectivity index (χ3n) is 3.72. The van der Waals surface area contributed by atoms with Crippen molar-refractivity contribution in [2.75, 3.05) is 5.43 Å². The van der Waals surface area contributed by atoms with Crippen molar-refractivity contribution in [3.05, 3.63) is 80.9 Å². The summed E-state index contributed by atoms with van der Waals surface area (Å²) in [4.78, 5) is 30.5. The van der Waals surface area contributed by atoms with Crippen LogP contribution in [0.5, 0.6) is 11.6 Å². The van der Waals surface area contributed by atoms with Crippen LogP contribution in [0.1, 0.15) is 15.9 Å². The summed E-state index contributed by atoms with van der Waals surface area (Å²) in [5.74, 6) is -1.48. The van der Waals surface area contributed by atoms with E-state index < -0.39 is 22.3 Å². The van der Waals surface area contributed by atoms with Crippen LogP contribution in [0.2, 0.25) is 5.02 Å². The molecule has 0 bridgehead atoms. The molecule has 3 aromatic rings. The maximum atomic E-state index is 13.0. The van der Waals surface area contributed by atoms with E-state index in [1.165, 1.54) is 18.2 Å². The molecule has 0 aliphatic rings. The van der Waals surface area contributed by atoms with Crippen LogP contribution in [0.4, 0.5) is 15.9 Å². The lowest BCUT2D eigenvalue weighted by Crippen LogP contribution is -2.30. The standard InChI is InChI=1S/C18H13ClFN5O4/c1-10-8-13(6-7-14(10)19)29-18-15(25(27)28)16(21-9-22-18)23-24-17(26)11-2-4-12(20)5-3-11/h2-9H,1H3,(H,24,26)(H,21,22,23). The molecule has 9 nitrogen and oxygen atoms in total. The Morgan fingerprint density at radius 2 is 1.93 bits per heavy atom. The Morgan fingerprint density at radius 1 is 1.21 bits per heavy atom. The third kappa shape index (κ3) is 4.74. The number of nitrogens with one attached hydrogen (secondary N) is 2. The second-order valence-electron chi connectivity index (χ2n) is 5.73. The van der Waals surface area contributed by atoms with E-state index in [1.807, 2.05) is 0 Å². The quantitative estimate of drug-likeness (QED) is 0.459. The number of nitro groups is 1. The van der Waals surface area contributed by atoms with E-state index in [1.54, 1.807) is 19.1 Å². The monoisotopic (exact) mass is 417 g/mol. The van der Waals surface area contributed by atoms with Gasteiger partial charge in [-0.25, -0.2) is 9.37 Å². The summed E-state index contributed by atoms with van der Waals surface area (Å²) in [6.07, 6.45) is 1.04. The zero-order valence-corrected chi connectivity index (χ0v) is 15.6. The summed E-state index contributed by atoms with van der Waals surface area (Å²) in [5, 5.41) is 12.1. The van der Waals surface area contributed by atoms with Crippen molar-refractivity contribution < 1.29 is 18.8 Å². The Hall–Kier alpha value is -3.79. The summed E-state index contributed by atoms with van der Waals surface area (Å²) < 4.78 is 18.5. The fourth-order valence-corrected chi connectivity index (χ4v) is 2.39. The van der Waals surface area contributed by atoms with E-state index in [2.05, 4.69) is 20.8 Å². The Kier molecular flexibility index (Phi) is 5.84. The number of carbonyl (C=O) groups is 1. The molecule has 1 aromatic heterocycles. The molecule has 2 aromatic carbocycles. The molecule has 0 aliphatic carbocycles. The van der Waals surface area contributed by atoms with Gasteiger partial charge < -0.3 is 4.74 Å². The lowest BCUT2D eigenvalue weighted by molar-refractivity contribution is -0.385. The number of hydrazine groups is 1. The molecule has 0 spiro atoms. The highest BCUT2D eigenvalue weighted by Crippen LogP contribution is 2.34. The van der Waals surface area contributed by atoms with Gasteiger partial charge in [-0.2, -0.15) is 4.98 Å². The molecule has 0 unspecified atom stereocenters. The fraction of sp³-hybridized carbons (Fsp3) is 0.0556. The van der Waals surface area contributed by atoms with Gasteiger partial charge in [0.25, 0.3) is 5.91 Å². The zero-order valence-electron chi connectivity index (χ0n) is 14.8. The van der Waals surface area contributed by atoms with Crippen molar-refractivity contribution in [2.45, 2.75) is 6.92 Å². The zero-order chi connectivity index (χ0) is 21.0. The van der Waals surface area contributed by atoms with Gasteiger partial charge in [0.2, 0.25) is 5.82 Å². The summed E-state index contributed by atoms with van der Waals surface area (Å²) >= 11 is 5.96. The molecule has 0 saturated heterocycles. The van der Waals surface area contributed by atoms with Crippen molar-refractivity contribution >= 4 is 29.0 Å². The molecule has 0 radical (unpaired) electrons. The van der Waals surface area contributed by atoms with Gasteiger partial charge >= 0.3 is 11.6 Å². The molecular formula is C18H13ClFN5O4. The van der Waals surface area contributed by atoms with Crippen LogP contribution in [0, 0.1) is 22.9 Å². The van der Waals surface area contributed by atoms with Crippen molar-refractivity contribution in [2.24, 2.45) is 0 Å². The normalized spacial score (nSPS) is 10.3. The number of ether oxygens (including phenoxy) is 1. The lowest BCUT2D eigenvalue weighted by Gasteiger charge is -2.11. The molecular weight excluding hydrogens is 405 g/mol. The minimum absolute atomic E-state index is 0.142. The highest BCUT2D eigenvalue weighted by molar-refractivity contribution is 6.31. The van der Waals surface area contributed by atoms with Crippen molar-refractivity contribution in [3.63, 3.8) is 0 Å². The minimum atomic E-state index is -0.746. The van der Waals surface area contributed by atoms with E-state index in [0.717, 1.165) is 18.5 Å². The Bertz CT molecular complexity index is 1080. The molecule has 148 valence electrons. The van der Waals surface area contributed by atoms with Gasteiger partial charge in [-0.15, -0.1) is 0 Å². The summed E-state index contributed by atoms with van der Waals surface area (Å²) in [7, 11) is 0. The van der Waals surface area contributed by atoms with Gasteiger partial charge in [-0.1, -0.05) is 11.6 Å². The fourth-order valence-electron chi connectivity index (χ4n) is 2.28. The van der Waals surface area contributed by atoms with E-state index in [9.17, 15) is 19.3 Å². The molecule has 3 rings (SSSR count). The van der Waals surface area contributed by atoms with Crippen LogP contribution >= 0.6 is 11.6 Å². The number of nitrogens with zero attached hydrogens (tertiary/aromatic N) is 3. The number of benzene rings is 2. The number of rotatable bonds is 6. The summed E-state index contributed by atoms with van der Waals surface area (Å²) in [6.45, 7) is 1.75. The second-order valence-corrected chi connectivity index (χ2v) is 6.14. The van der Waals surface area contributed by atoms with E-state index >= 15 is 0 Å². The molecule has 29 heavy (non-hydrogen) atoms. The smallest absolute Gasteiger partial charge is 0.374 e. The first-order chi connectivity index (χ1) is 13.8. The Labute approximate surface area is 168 Å². The van der Waals surface area contributed by atoms with E-state index in [-0.39, 0.29) is 23.0 Å². The molecule has 0 saturated carbocycles. The first kappa shape index (κ1) is 20.0. The number of anilines is 1. The van der Waals surface area contributed by atoms with E-state index in [0.29, 0.717) is 10.6 Å². The second kappa shape index (κ2) is 8.48. The number of amides is 1. The number of aromatic nitrogens is 2. The predicted molar refractivity (Wildman–Crippen MR) is 102 cm³/mol. The van der Waals surface area contributed by atoms with Gasteiger partial charge in [0.1, 0.15) is 17.9 Å². The first-order valence-electron chi connectivity index (χ1n) is 8.10. The van der Waals surface area contributed by atoms with Crippen LogP contribution in [0.3, 0.4) is 0 Å². The highest BCUT2D eigenvalue weighted by atomic mass is 35.5. The van der Waals surface area contributed by atoms with Gasteiger partial charge in [0, 0.05) is 10.6 Å². The molecule has 1 heterocycles. The van der Waals surface area contributed by atoms with Gasteiger partial charge in [0.15, 0.2) is 0 Å². The molecule has 11 heteroatoms. The number of hydrogen-bond donors (Lipinski definition) is 2. The van der Waals surface area contributed by atoms with Crippen molar-refractivity contribution in [1.29, 1.82) is 0 Å². The van der Waals surface area contributed by atoms with Crippen LogP contribution < -0.4 is 15.6 Å². The van der Waals surface area contributed by atoms with Gasteiger partial charge in [-0.3, -0.25) is 25.8 Å². The largest absolute Gasteiger partial charge is 0.434 e. The summed E-state index contributed by atoms with van der Waals surface area (Å²) in [6, 6.07) is 9.46. The minimum Gasteiger partial charge on any atom is -0.434 e. The SMILES string of the molecule is Cc1cc(Oc2ncnc(NNC(=O)c3ccc(F)cc3)c2[N+](=O)[O-])ccc1Cl. The van der Waals surface area contributed by atoms with Gasteiger partial charge in [0.05, 0.1) is 4.92 Å². The maximum Gasteiger partial charge on any atom is 0.374 e. The highest BCUT2D eigenvalue weighted by Gasteiger charge is 2.25. The average Bonchev–Trinajstić information content (AvgIpc) is 2.69. The third-order valence-corrected chi connectivity index (χ3v) is 4.14.